The van der Waals surface area contributed by atoms with E-state index in [0.29, 0.717) is 40.4 Å². The molecule has 0 fully saturated rings. The Morgan fingerprint density at radius 1 is 1.03 bits per heavy atom. The lowest BCUT2D eigenvalue weighted by atomic mass is 9.98. The largest absolute Gasteiger partial charge is 0.416 e. The van der Waals surface area contributed by atoms with E-state index in [2.05, 4.69) is 11.6 Å². The Balaban J connectivity index is 1.53. The van der Waals surface area contributed by atoms with E-state index >= 15 is 0 Å². The second-order valence-corrected chi connectivity index (χ2v) is 9.13. The standard InChI is InChI=1S/C25H21Cl2F3N4O2/c1-14(15-2-5-17(6-3-15)25(28,29)30)34-11-9-32-22(24(34)36)18-13-33(10-8-21(18)31)23(35)16-4-7-19(26)20(27)12-16/h2-7,12H,1,8-11,13,31H2. The highest BCUT2D eigenvalue weighted by molar-refractivity contribution is 6.47. The molecule has 188 valence electrons. The van der Waals surface area contributed by atoms with E-state index in [1.165, 1.54) is 29.2 Å². The van der Waals surface area contributed by atoms with Gasteiger partial charge >= 0.3 is 6.18 Å². The first-order valence-electron chi connectivity index (χ1n) is 10.9. The lowest BCUT2D eigenvalue weighted by Gasteiger charge is -2.33. The number of amides is 2. The Labute approximate surface area is 215 Å². The summed E-state index contributed by atoms with van der Waals surface area (Å²) in [4.78, 5) is 33.7. The summed E-state index contributed by atoms with van der Waals surface area (Å²) in [6, 6.07) is 9.01. The van der Waals surface area contributed by atoms with E-state index in [4.69, 9.17) is 28.9 Å². The fraction of sp³-hybridized carbons (Fsp3) is 0.240. The van der Waals surface area contributed by atoms with Crippen LogP contribution in [0.15, 0.2) is 65.3 Å². The molecular formula is C25H21Cl2F3N4O2. The van der Waals surface area contributed by atoms with Gasteiger partial charge in [-0.25, -0.2) is 0 Å². The summed E-state index contributed by atoms with van der Waals surface area (Å²) < 4.78 is 38.7. The second kappa shape index (κ2) is 9.99. The Hall–Kier alpha value is -3.30. The third-order valence-corrected chi connectivity index (χ3v) is 6.78. The molecule has 0 aliphatic carbocycles. The van der Waals surface area contributed by atoms with E-state index in [1.807, 2.05) is 0 Å². The van der Waals surface area contributed by atoms with Gasteiger partial charge in [0.25, 0.3) is 11.8 Å². The molecule has 0 atom stereocenters. The van der Waals surface area contributed by atoms with Gasteiger partial charge in [0.2, 0.25) is 0 Å². The molecule has 6 nitrogen and oxygen atoms in total. The molecule has 11 heteroatoms. The minimum absolute atomic E-state index is 0.0656. The summed E-state index contributed by atoms with van der Waals surface area (Å²) in [6.45, 7) is 4.79. The zero-order valence-electron chi connectivity index (χ0n) is 18.9. The third-order valence-electron chi connectivity index (χ3n) is 6.04. The van der Waals surface area contributed by atoms with Crippen LogP contribution < -0.4 is 5.73 Å². The zero-order chi connectivity index (χ0) is 26.2. The van der Waals surface area contributed by atoms with Crippen LogP contribution in [0.1, 0.15) is 27.9 Å². The highest BCUT2D eigenvalue weighted by atomic mass is 35.5. The molecule has 2 aromatic carbocycles. The van der Waals surface area contributed by atoms with Gasteiger partial charge in [-0.15, -0.1) is 0 Å². The quantitative estimate of drug-likeness (QED) is 0.595. The second-order valence-electron chi connectivity index (χ2n) is 8.32. The van der Waals surface area contributed by atoms with E-state index in [9.17, 15) is 22.8 Å². The number of benzene rings is 2. The van der Waals surface area contributed by atoms with Crippen molar-refractivity contribution in [2.45, 2.75) is 12.6 Å². The van der Waals surface area contributed by atoms with Gasteiger partial charge in [0.05, 0.1) is 22.2 Å². The van der Waals surface area contributed by atoms with Gasteiger partial charge < -0.3 is 15.5 Å². The van der Waals surface area contributed by atoms with Gasteiger partial charge in [-0.1, -0.05) is 41.9 Å². The van der Waals surface area contributed by atoms with E-state index in [-0.39, 0.29) is 42.0 Å². The molecular weight excluding hydrogens is 516 g/mol. The Kier molecular flexibility index (Phi) is 7.15. The number of rotatable bonds is 4. The maximum atomic E-state index is 13.4. The van der Waals surface area contributed by atoms with Crippen LogP contribution >= 0.6 is 23.2 Å². The first-order valence-corrected chi connectivity index (χ1v) is 11.7. The zero-order valence-corrected chi connectivity index (χ0v) is 20.4. The number of carbonyl (C=O) groups is 2. The molecule has 4 rings (SSSR count). The monoisotopic (exact) mass is 536 g/mol. The van der Waals surface area contributed by atoms with Gasteiger partial charge in [0.15, 0.2) is 0 Å². The van der Waals surface area contributed by atoms with Crippen molar-refractivity contribution in [3.8, 4) is 0 Å². The van der Waals surface area contributed by atoms with Crippen molar-refractivity contribution >= 4 is 46.4 Å². The minimum Gasteiger partial charge on any atom is -0.402 e. The number of halogens is 5. The molecule has 0 bridgehead atoms. The smallest absolute Gasteiger partial charge is 0.402 e. The number of hydrogen-bond donors (Lipinski definition) is 1. The molecule has 2 amide bonds. The highest BCUT2D eigenvalue weighted by Gasteiger charge is 2.34. The predicted octanol–water partition coefficient (Wildman–Crippen LogP) is 5.03. The average molecular weight is 537 g/mol. The molecule has 2 aliphatic heterocycles. The normalized spacial score (nSPS) is 16.8. The number of nitrogens with zero attached hydrogens (tertiary/aromatic N) is 3. The highest BCUT2D eigenvalue weighted by Crippen LogP contribution is 2.31. The van der Waals surface area contributed by atoms with Crippen LogP contribution in [-0.2, 0) is 11.0 Å². The van der Waals surface area contributed by atoms with E-state index in [0.717, 1.165) is 12.1 Å². The SMILES string of the molecule is C=C(c1ccc(C(F)(F)F)cc1)N1CCN=C(C2=C(N)CCN(C(=O)c3ccc(Cl)c(Cl)c3)C2)C1=O. The number of alkyl halides is 3. The molecule has 0 aromatic heterocycles. The molecule has 2 aliphatic rings. The van der Waals surface area contributed by atoms with Gasteiger partial charge in [-0.3, -0.25) is 14.6 Å². The molecule has 0 radical (unpaired) electrons. The number of nitrogens with two attached hydrogens (primary N) is 1. The van der Waals surface area contributed by atoms with Crippen LogP contribution in [0.3, 0.4) is 0 Å². The maximum absolute atomic E-state index is 13.4. The van der Waals surface area contributed by atoms with Gasteiger partial charge in [0, 0.05) is 48.6 Å². The van der Waals surface area contributed by atoms with Crippen molar-refractivity contribution in [1.82, 2.24) is 9.80 Å². The fourth-order valence-electron chi connectivity index (χ4n) is 4.04. The maximum Gasteiger partial charge on any atom is 0.416 e. The summed E-state index contributed by atoms with van der Waals surface area (Å²) in [7, 11) is 0. The summed E-state index contributed by atoms with van der Waals surface area (Å²) in [5.41, 5.74) is 7.40. The van der Waals surface area contributed by atoms with Crippen LogP contribution in [0, 0.1) is 0 Å². The van der Waals surface area contributed by atoms with Crippen molar-refractivity contribution < 1.29 is 22.8 Å². The molecule has 2 N–H and O–H groups in total. The van der Waals surface area contributed by atoms with Crippen molar-refractivity contribution in [1.29, 1.82) is 0 Å². The molecule has 36 heavy (non-hydrogen) atoms. The summed E-state index contributed by atoms with van der Waals surface area (Å²) >= 11 is 12.0. The Morgan fingerprint density at radius 3 is 2.33 bits per heavy atom. The minimum atomic E-state index is -4.47. The third kappa shape index (κ3) is 5.12. The van der Waals surface area contributed by atoms with E-state index < -0.39 is 17.6 Å². The van der Waals surface area contributed by atoms with E-state index in [1.54, 1.807) is 11.0 Å². The summed E-state index contributed by atoms with van der Waals surface area (Å²) in [6.07, 6.45) is -4.12. The summed E-state index contributed by atoms with van der Waals surface area (Å²) in [5.74, 6) is -0.777. The predicted molar refractivity (Wildman–Crippen MR) is 133 cm³/mol. The average Bonchev–Trinajstić information content (AvgIpc) is 2.85. The lowest BCUT2D eigenvalue weighted by molar-refractivity contribution is -0.137. The molecule has 2 heterocycles. The first-order chi connectivity index (χ1) is 17.0. The fourth-order valence-corrected chi connectivity index (χ4v) is 4.34. The first kappa shape index (κ1) is 25.8. The van der Waals surface area contributed by atoms with Gasteiger partial charge in [-0.2, -0.15) is 13.2 Å². The Morgan fingerprint density at radius 2 is 1.69 bits per heavy atom. The molecule has 2 aromatic rings. The number of hydrogen-bond acceptors (Lipinski definition) is 4. The van der Waals surface area contributed by atoms with Crippen LogP contribution in [-0.4, -0.2) is 53.5 Å². The number of carbonyl (C=O) groups excluding carboxylic acids is 2. The number of aliphatic imine (C=N–C) groups is 1. The van der Waals surface area contributed by atoms with Crippen molar-refractivity contribution in [3.63, 3.8) is 0 Å². The van der Waals surface area contributed by atoms with Crippen molar-refractivity contribution in [2.24, 2.45) is 10.7 Å². The Bertz CT molecular complexity index is 1300. The molecule has 0 saturated carbocycles. The van der Waals surface area contributed by atoms with Gasteiger partial charge in [0.1, 0.15) is 5.71 Å². The topological polar surface area (TPSA) is 79.0 Å². The summed E-state index contributed by atoms with van der Waals surface area (Å²) in [5, 5.41) is 0.575. The van der Waals surface area contributed by atoms with Crippen molar-refractivity contribution in [3.05, 3.63) is 87.0 Å². The molecule has 0 saturated heterocycles. The molecule has 0 spiro atoms. The van der Waals surface area contributed by atoms with Gasteiger partial charge in [-0.05, 0) is 35.9 Å². The van der Waals surface area contributed by atoms with Crippen LogP contribution in [0.4, 0.5) is 13.2 Å². The van der Waals surface area contributed by atoms with Crippen LogP contribution in [0.25, 0.3) is 5.70 Å². The van der Waals surface area contributed by atoms with Crippen LogP contribution in [0.2, 0.25) is 10.0 Å². The van der Waals surface area contributed by atoms with Crippen LogP contribution in [0.5, 0.6) is 0 Å². The van der Waals surface area contributed by atoms with Crippen molar-refractivity contribution in [2.75, 3.05) is 26.2 Å². The lowest BCUT2D eigenvalue weighted by Crippen LogP contribution is -2.46. The molecule has 0 unspecified atom stereocenters.